The van der Waals surface area contributed by atoms with Crippen LogP contribution in [0.3, 0.4) is 0 Å². The van der Waals surface area contributed by atoms with Gasteiger partial charge in [-0.3, -0.25) is 0 Å². The molecule has 0 amide bonds. The Balaban J connectivity index is 3.01. The molecule has 0 spiro atoms. The molecule has 0 aliphatic rings. The number of hydrogen-bond acceptors (Lipinski definition) is 3. The molecule has 1 heterocycles. The first-order valence-corrected chi connectivity index (χ1v) is 3.98. The number of aromatic nitrogens is 1. The normalized spacial score (nSPS) is 11.5. The van der Waals surface area contributed by atoms with Crippen molar-refractivity contribution in [1.82, 2.24) is 10.4 Å². The lowest BCUT2D eigenvalue weighted by Crippen LogP contribution is -2.17. The van der Waals surface area contributed by atoms with E-state index in [9.17, 15) is 13.2 Å². The number of anilines is 1. The molecule has 0 atom stereocenters. The van der Waals surface area contributed by atoms with Crippen molar-refractivity contribution in [2.24, 2.45) is 0 Å². The second kappa shape index (κ2) is 4.02. The maximum Gasteiger partial charge on any atom is 0.417 e. The molecule has 0 saturated carbocycles. The van der Waals surface area contributed by atoms with Gasteiger partial charge in [0.2, 0.25) is 0 Å². The third-order valence-corrected chi connectivity index (χ3v) is 1.70. The number of pyridine rings is 1. The van der Waals surface area contributed by atoms with E-state index in [0.29, 0.717) is 6.20 Å². The quantitative estimate of drug-likeness (QED) is 0.759. The van der Waals surface area contributed by atoms with Gasteiger partial charge < -0.3 is 5.43 Å². The molecule has 0 saturated heterocycles. The van der Waals surface area contributed by atoms with Gasteiger partial charge in [0.15, 0.2) is 5.82 Å². The van der Waals surface area contributed by atoms with Crippen LogP contribution in [0.4, 0.5) is 19.0 Å². The lowest BCUT2D eigenvalue weighted by Gasteiger charge is -2.09. The summed E-state index contributed by atoms with van der Waals surface area (Å²) >= 11 is 5.55. The molecule has 1 rings (SSSR count). The van der Waals surface area contributed by atoms with Crippen molar-refractivity contribution < 1.29 is 13.2 Å². The first-order valence-electron chi connectivity index (χ1n) is 3.60. The van der Waals surface area contributed by atoms with Crippen molar-refractivity contribution in [3.8, 4) is 0 Å². The Labute approximate surface area is 83.3 Å². The zero-order valence-corrected chi connectivity index (χ0v) is 7.87. The Bertz CT molecular complexity index is 326. The lowest BCUT2D eigenvalue weighted by molar-refractivity contribution is -0.137. The molecule has 0 bridgehead atoms. The van der Waals surface area contributed by atoms with Gasteiger partial charge in [0.05, 0.1) is 10.6 Å². The summed E-state index contributed by atoms with van der Waals surface area (Å²) in [5.74, 6) is 0.155. The zero-order chi connectivity index (χ0) is 10.8. The smallest absolute Gasteiger partial charge is 0.305 e. The highest BCUT2D eigenvalue weighted by Crippen LogP contribution is 2.31. The summed E-state index contributed by atoms with van der Waals surface area (Å²) in [4.78, 5) is 3.51. The highest BCUT2D eigenvalue weighted by Gasteiger charge is 2.31. The van der Waals surface area contributed by atoms with E-state index in [2.05, 4.69) is 15.8 Å². The average molecular weight is 226 g/mol. The average Bonchev–Trinajstić information content (AvgIpc) is 2.07. The summed E-state index contributed by atoms with van der Waals surface area (Å²) in [6.07, 6.45) is -3.71. The van der Waals surface area contributed by atoms with E-state index in [1.165, 1.54) is 0 Å². The summed E-state index contributed by atoms with van der Waals surface area (Å²) in [7, 11) is 1.55. The predicted molar refractivity (Wildman–Crippen MR) is 46.9 cm³/mol. The van der Waals surface area contributed by atoms with Crippen LogP contribution in [0.1, 0.15) is 5.56 Å². The second-order valence-corrected chi connectivity index (χ2v) is 2.83. The third-order valence-electron chi connectivity index (χ3n) is 1.41. The number of rotatable bonds is 2. The SMILES string of the molecule is CNNc1ncc(C(F)(F)F)cc1Cl. The fraction of sp³-hybridized carbons (Fsp3) is 0.286. The Hall–Kier alpha value is -1.01. The molecule has 0 unspecified atom stereocenters. The van der Waals surface area contributed by atoms with E-state index in [1.54, 1.807) is 7.05 Å². The molecule has 0 aromatic carbocycles. The minimum Gasteiger partial charge on any atom is -0.305 e. The number of hydrogen-bond donors (Lipinski definition) is 2. The minimum absolute atomic E-state index is 0.0887. The molecule has 3 nitrogen and oxygen atoms in total. The van der Waals surface area contributed by atoms with Crippen molar-refractivity contribution in [3.63, 3.8) is 0 Å². The van der Waals surface area contributed by atoms with Crippen LogP contribution in [-0.2, 0) is 6.18 Å². The van der Waals surface area contributed by atoms with Gasteiger partial charge in [-0.1, -0.05) is 11.6 Å². The molecule has 0 aliphatic heterocycles. The number of nitrogens with one attached hydrogen (secondary N) is 2. The fourth-order valence-corrected chi connectivity index (χ4v) is 1.02. The van der Waals surface area contributed by atoms with Gasteiger partial charge >= 0.3 is 6.18 Å². The summed E-state index contributed by atoms with van der Waals surface area (Å²) in [6, 6.07) is 0.814. The standard InChI is InChI=1S/C7H7ClF3N3/c1-12-14-6-5(8)2-4(3-13-6)7(9,10)11/h2-3,12H,1H3,(H,13,14). The topological polar surface area (TPSA) is 37.0 Å². The number of halogens is 4. The Morgan fingerprint density at radius 2 is 2.07 bits per heavy atom. The van der Waals surface area contributed by atoms with Gasteiger partial charge in [-0.15, -0.1) is 0 Å². The van der Waals surface area contributed by atoms with Gasteiger partial charge in [-0.25, -0.2) is 10.4 Å². The lowest BCUT2D eigenvalue weighted by atomic mass is 10.3. The Morgan fingerprint density at radius 1 is 1.43 bits per heavy atom. The monoisotopic (exact) mass is 225 g/mol. The van der Waals surface area contributed by atoms with Gasteiger partial charge in [-0.05, 0) is 6.07 Å². The Morgan fingerprint density at radius 3 is 2.50 bits per heavy atom. The minimum atomic E-state index is -4.42. The molecule has 1 aromatic heterocycles. The molecular formula is C7H7ClF3N3. The first kappa shape index (κ1) is 11.1. The second-order valence-electron chi connectivity index (χ2n) is 2.43. The molecule has 7 heteroatoms. The molecule has 0 radical (unpaired) electrons. The van der Waals surface area contributed by atoms with Crippen LogP contribution < -0.4 is 10.9 Å². The molecule has 1 aromatic rings. The van der Waals surface area contributed by atoms with Crippen molar-refractivity contribution in [3.05, 3.63) is 22.8 Å². The maximum atomic E-state index is 12.2. The summed E-state index contributed by atoms with van der Waals surface area (Å²) in [6.45, 7) is 0. The van der Waals surface area contributed by atoms with Crippen molar-refractivity contribution >= 4 is 17.4 Å². The predicted octanol–water partition coefficient (Wildman–Crippen LogP) is 2.30. The van der Waals surface area contributed by atoms with Crippen molar-refractivity contribution in [1.29, 1.82) is 0 Å². The van der Waals surface area contributed by atoms with Gasteiger partial charge in [0.1, 0.15) is 0 Å². The molecule has 0 fully saturated rings. The van der Waals surface area contributed by atoms with Gasteiger partial charge in [-0.2, -0.15) is 13.2 Å². The van der Waals surface area contributed by atoms with Crippen LogP contribution in [0.15, 0.2) is 12.3 Å². The van der Waals surface area contributed by atoms with Crippen LogP contribution in [-0.4, -0.2) is 12.0 Å². The van der Waals surface area contributed by atoms with Crippen LogP contribution in [0, 0.1) is 0 Å². The van der Waals surface area contributed by atoms with E-state index >= 15 is 0 Å². The number of nitrogens with zero attached hydrogens (tertiary/aromatic N) is 1. The van der Waals surface area contributed by atoms with Gasteiger partial charge in [0, 0.05) is 13.2 Å². The molecule has 2 N–H and O–H groups in total. The third kappa shape index (κ3) is 2.49. The van der Waals surface area contributed by atoms with Gasteiger partial charge in [0.25, 0.3) is 0 Å². The summed E-state index contributed by atoms with van der Waals surface area (Å²) < 4.78 is 36.5. The zero-order valence-electron chi connectivity index (χ0n) is 7.11. The van der Waals surface area contributed by atoms with Crippen LogP contribution >= 0.6 is 11.6 Å². The molecule has 78 valence electrons. The highest BCUT2D eigenvalue weighted by atomic mass is 35.5. The Kier molecular flexibility index (Phi) is 3.17. The molecular weight excluding hydrogens is 219 g/mol. The van der Waals surface area contributed by atoms with E-state index < -0.39 is 11.7 Å². The summed E-state index contributed by atoms with van der Waals surface area (Å²) in [5, 5.41) is -0.0887. The number of hydrazine groups is 1. The van der Waals surface area contributed by atoms with Crippen LogP contribution in [0.25, 0.3) is 0 Å². The van der Waals surface area contributed by atoms with Crippen molar-refractivity contribution in [2.75, 3.05) is 12.5 Å². The van der Waals surface area contributed by atoms with E-state index in [4.69, 9.17) is 11.6 Å². The largest absolute Gasteiger partial charge is 0.417 e. The van der Waals surface area contributed by atoms with E-state index in [0.717, 1.165) is 6.07 Å². The van der Waals surface area contributed by atoms with Crippen LogP contribution in [0.5, 0.6) is 0 Å². The van der Waals surface area contributed by atoms with E-state index in [1.807, 2.05) is 0 Å². The molecule has 0 aliphatic carbocycles. The first-order chi connectivity index (χ1) is 6.45. The van der Waals surface area contributed by atoms with Crippen LogP contribution in [0.2, 0.25) is 5.02 Å². The maximum absolute atomic E-state index is 12.2. The summed E-state index contributed by atoms with van der Waals surface area (Å²) in [5.41, 5.74) is 4.13. The molecule has 14 heavy (non-hydrogen) atoms. The van der Waals surface area contributed by atoms with Crippen molar-refractivity contribution in [2.45, 2.75) is 6.18 Å². The highest BCUT2D eigenvalue weighted by molar-refractivity contribution is 6.32. The number of alkyl halides is 3. The fourth-order valence-electron chi connectivity index (χ4n) is 0.803. The van der Waals surface area contributed by atoms with E-state index in [-0.39, 0.29) is 10.8 Å².